The lowest BCUT2D eigenvalue weighted by molar-refractivity contribution is -0.108. The van der Waals surface area contributed by atoms with Crippen LogP contribution >= 0.6 is 0 Å². The topological polar surface area (TPSA) is 46.2 Å². The summed E-state index contributed by atoms with van der Waals surface area (Å²) in [5.74, 6) is 0. The number of carbonyl (C=O) groups excluding carboxylic acids is 2. The van der Waals surface area contributed by atoms with E-state index >= 15 is 0 Å². The third-order valence-corrected chi connectivity index (χ3v) is 0.565. The van der Waals surface area contributed by atoms with Crippen molar-refractivity contribution >= 4 is 12.7 Å². The van der Waals surface area contributed by atoms with Gasteiger partial charge in [0.1, 0.15) is 6.29 Å². The summed E-state index contributed by atoms with van der Waals surface area (Å²) < 4.78 is 0. The Morgan fingerprint density at radius 2 is 2.12 bits per heavy atom. The van der Waals surface area contributed by atoms with Crippen LogP contribution in [0, 0.1) is 0 Å². The van der Waals surface area contributed by atoms with Crippen molar-refractivity contribution < 1.29 is 9.59 Å². The maximum Gasteiger partial charge on any atom is 0.211 e. The van der Waals surface area contributed by atoms with Gasteiger partial charge in [0.2, 0.25) is 6.41 Å². The molecule has 0 fully saturated rings. The molecule has 0 saturated carbocycles. The lowest BCUT2D eigenvalue weighted by atomic mass is 10.4. The first-order valence-corrected chi connectivity index (χ1v) is 2.13. The Bertz CT molecular complexity index is 118. The van der Waals surface area contributed by atoms with E-state index in [2.05, 4.69) is 5.32 Å². The van der Waals surface area contributed by atoms with Gasteiger partial charge in [0.05, 0.1) is 0 Å². The van der Waals surface area contributed by atoms with Gasteiger partial charge in [-0.15, -0.1) is 0 Å². The zero-order chi connectivity index (χ0) is 6.41. The largest absolute Gasteiger partial charge is 0.335 e. The predicted octanol–water partition coefficient (Wildman–Crippen LogP) is -0.165. The highest BCUT2D eigenvalue weighted by atomic mass is 16.1. The summed E-state index contributed by atoms with van der Waals surface area (Å²) in [5.41, 5.74) is 0.497. The molecule has 0 aromatic rings. The molecule has 3 nitrogen and oxygen atoms in total. The fourth-order valence-corrected chi connectivity index (χ4v) is 0.199. The minimum absolute atomic E-state index is 0.497. The lowest BCUT2D eigenvalue weighted by Gasteiger charge is -1.83. The van der Waals surface area contributed by atoms with Crippen molar-refractivity contribution in [3.8, 4) is 0 Å². The van der Waals surface area contributed by atoms with Gasteiger partial charge in [-0.25, -0.2) is 0 Å². The maximum atomic E-state index is 9.79. The van der Waals surface area contributed by atoms with Crippen molar-refractivity contribution in [3.63, 3.8) is 0 Å². The van der Waals surface area contributed by atoms with Gasteiger partial charge in [0.25, 0.3) is 0 Å². The second-order valence-corrected chi connectivity index (χ2v) is 1.29. The average Bonchev–Trinajstić information content (AvgIpc) is 1.83. The molecule has 0 aliphatic heterocycles. The van der Waals surface area contributed by atoms with Crippen molar-refractivity contribution in [1.82, 2.24) is 5.32 Å². The summed E-state index contributed by atoms with van der Waals surface area (Å²) in [4.78, 5) is 19.3. The molecule has 0 saturated heterocycles. The molecule has 44 valence electrons. The predicted molar refractivity (Wildman–Crippen MR) is 29.0 cm³/mol. The van der Waals surface area contributed by atoms with Gasteiger partial charge in [-0.1, -0.05) is 0 Å². The summed E-state index contributed by atoms with van der Waals surface area (Å²) >= 11 is 0. The minimum atomic E-state index is 0.497. The zero-order valence-electron chi connectivity index (χ0n) is 4.55. The van der Waals surface area contributed by atoms with E-state index in [9.17, 15) is 9.59 Å². The van der Waals surface area contributed by atoms with E-state index in [1.807, 2.05) is 0 Å². The van der Waals surface area contributed by atoms with Crippen LogP contribution in [0.1, 0.15) is 6.92 Å². The number of allylic oxidation sites excluding steroid dienone is 1. The van der Waals surface area contributed by atoms with Crippen LogP contribution in [0.2, 0.25) is 0 Å². The fraction of sp³-hybridized carbons (Fsp3) is 0.200. The molecule has 8 heavy (non-hydrogen) atoms. The molecule has 0 aromatic carbocycles. The van der Waals surface area contributed by atoms with Gasteiger partial charge in [-0.2, -0.15) is 0 Å². The van der Waals surface area contributed by atoms with Crippen LogP contribution in [0.25, 0.3) is 0 Å². The summed E-state index contributed by atoms with van der Waals surface area (Å²) in [7, 11) is 0. The van der Waals surface area contributed by atoms with Crippen molar-refractivity contribution in [2.45, 2.75) is 6.92 Å². The number of rotatable bonds is 3. The summed E-state index contributed by atoms with van der Waals surface area (Å²) in [6.07, 6.45) is 2.50. The molecule has 1 amide bonds. The molecule has 0 heterocycles. The van der Waals surface area contributed by atoms with Crippen molar-refractivity contribution in [3.05, 3.63) is 11.8 Å². The number of nitrogens with one attached hydrogen (secondary N) is 1. The van der Waals surface area contributed by atoms with E-state index in [0.29, 0.717) is 18.3 Å². The number of amides is 1. The first-order chi connectivity index (χ1) is 3.81. The van der Waals surface area contributed by atoms with Crippen molar-refractivity contribution in [2.75, 3.05) is 0 Å². The van der Waals surface area contributed by atoms with Crippen LogP contribution in [0.5, 0.6) is 0 Å². The highest BCUT2D eigenvalue weighted by Gasteiger charge is 1.78. The monoisotopic (exact) mass is 113 g/mol. The summed E-state index contributed by atoms with van der Waals surface area (Å²) in [6, 6.07) is 0. The number of carbonyl (C=O) groups is 2. The first kappa shape index (κ1) is 6.88. The Kier molecular flexibility index (Phi) is 3.48. The fourth-order valence-electron chi connectivity index (χ4n) is 0.199. The SMILES string of the molecule is C/C(C=O)=C/NC=O. The highest BCUT2D eigenvalue weighted by molar-refractivity contribution is 5.72. The van der Waals surface area contributed by atoms with Gasteiger partial charge in [-0.05, 0) is 6.92 Å². The van der Waals surface area contributed by atoms with Crippen LogP contribution in [-0.2, 0) is 9.59 Å². The lowest BCUT2D eigenvalue weighted by Crippen LogP contribution is -2.00. The van der Waals surface area contributed by atoms with E-state index in [1.165, 1.54) is 6.20 Å². The molecule has 0 aliphatic carbocycles. The molecule has 0 aliphatic rings. The quantitative estimate of drug-likeness (QED) is 0.408. The molecule has 0 radical (unpaired) electrons. The standard InChI is InChI=1S/C5H7NO2/c1-5(3-7)2-6-4-8/h2-4H,1H3,(H,6,8)/b5-2-. The van der Waals surface area contributed by atoms with Gasteiger partial charge in [0, 0.05) is 11.8 Å². The van der Waals surface area contributed by atoms with Crippen molar-refractivity contribution in [2.24, 2.45) is 0 Å². The van der Waals surface area contributed by atoms with Gasteiger partial charge in [0.15, 0.2) is 0 Å². The van der Waals surface area contributed by atoms with Crippen LogP contribution in [0.15, 0.2) is 11.8 Å². The molecule has 0 unspecified atom stereocenters. The Hall–Kier alpha value is -1.12. The van der Waals surface area contributed by atoms with Gasteiger partial charge < -0.3 is 5.32 Å². The molecule has 3 heteroatoms. The maximum absolute atomic E-state index is 9.79. The first-order valence-electron chi connectivity index (χ1n) is 2.13. The van der Waals surface area contributed by atoms with Crippen LogP contribution < -0.4 is 5.32 Å². The van der Waals surface area contributed by atoms with Gasteiger partial charge in [-0.3, -0.25) is 9.59 Å². The van der Waals surface area contributed by atoms with E-state index in [0.717, 1.165) is 0 Å². The van der Waals surface area contributed by atoms with Crippen LogP contribution in [-0.4, -0.2) is 12.7 Å². The molecular formula is C5H7NO2. The second-order valence-electron chi connectivity index (χ2n) is 1.29. The number of hydrogen-bond donors (Lipinski definition) is 1. The van der Waals surface area contributed by atoms with E-state index in [-0.39, 0.29) is 0 Å². The molecule has 1 N–H and O–H groups in total. The summed E-state index contributed by atoms with van der Waals surface area (Å²) in [6.45, 7) is 1.60. The average molecular weight is 113 g/mol. The van der Waals surface area contributed by atoms with Crippen molar-refractivity contribution in [1.29, 1.82) is 0 Å². The van der Waals surface area contributed by atoms with Gasteiger partial charge >= 0.3 is 0 Å². The van der Waals surface area contributed by atoms with E-state index < -0.39 is 0 Å². The second kappa shape index (κ2) is 4.05. The van der Waals surface area contributed by atoms with E-state index in [4.69, 9.17) is 0 Å². The molecule has 0 atom stereocenters. The highest BCUT2D eigenvalue weighted by Crippen LogP contribution is 1.78. The Morgan fingerprint density at radius 1 is 1.50 bits per heavy atom. The van der Waals surface area contributed by atoms with Crippen LogP contribution in [0.4, 0.5) is 0 Å². The number of aldehydes is 1. The van der Waals surface area contributed by atoms with Crippen LogP contribution in [0.3, 0.4) is 0 Å². The molecule has 0 aromatic heterocycles. The Morgan fingerprint density at radius 3 is 2.50 bits per heavy atom. The third-order valence-electron chi connectivity index (χ3n) is 0.565. The molecular weight excluding hydrogens is 106 g/mol. The summed E-state index contributed by atoms with van der Waals surface area (Å²) in [5, 5.41) is 2.23. The normalized spacial score (nSPS) is 10.4. The third kappa shape index (κ3) is 3.08. The molecule has 0 bridgehead atoms. The molecule has 0 spiro atoms. The zero-order valence-corrected chi connectivity index (χ0v) is 4.55. The smallest absolute Gasteiger partial charge is 0.211 e. The molecule has 0 rings (SSSR count). The Balaban J connectivity index is 3.56. The van der Waals surface area contributed by atoms with E-state index in [1.54, 1.807) is 6.92 Å². The minimum Gasteiger partial charge on any atom is -0.335 e. The number of hydrogen-bond acceptors (Lipinski definition) is 2. The Labute approximate surface area is 47.4 Å².